The largest absolute Gasteiger partial charge is 0.478 e. The van der Waals surface area contributed by atoms with Crippen LogP contribution in [0.15, 0.2) is 60.4 Å². The molecule has 6 heteroatoms. The first-order valence-corrected chi connectivity index (χ1v) is 10.7. The standard InChI is InChI=1S/C23H31N3O2S/c1-5-8-20(22(24)25-17-11-9-16(10-12-17)23(27)28)21(7-3)26(4)15-19-14-13-18(6-2)29-19/h5,9-14,21,25H,1,6-8,15,24H2,2-4H3,(H,27,28)/b22-20+. The average Bonchev–Trinajstić information content (AvgIpc) is 3.15. The first kappa shape index (κ1) is 22.7. The van der Waals surface area contributed by atoms with Crippen LogP contribution in [0.2, 0.25) is 0 Å². The number of benzene rings is 1. The lowest BCUT2D eigenvalue weighted by molar-refractivity contribution is 0.0697. The number of thiophene rings is 1. The van der Waals surface area contributed by atoms with Gasteiger partial charge in [0.1, 0.15) is 5.82 Å². The van der Waals surface area contributed by atoms with Crippen molar-refractivity contribution in [1.82, 2.24) is 4.90 Å². The molecule has 0 saturated carbocycles. The van der Waals surface area contributed by atoms with Gasteiger partial charge in [-0.15, -0.1) is 17.9 Å². The fraction of sp³-hybridized carbons (Fsp3) is 0.348. The molecular weight excluding hydrogens is 382 g/mol. The van der Waals surface area contributed by atoms with E-state index in [0.717, 1.165) is 30.6 Å². The topological polar surface area (TPSA) is 78.6 Å². The van der Waals surface area contributed by atoms with Crippen LogP contribution in [0.25, 0.3) is 0 Å². The van der Waals surface area contributed by atoms with Crippen molar-refractivity contribution in [2.75, 3.05) is 12.4 Å². The highest BCUT2D eigenvalue weighted by molar-refractivity contribution is 7.11. The van der Waals surface area contributed by atoms with Gasteiger partial charge in [0.2, 0.25) is 0 Å². The molecule has 4 N–H and O–H groups in total. The predicted molar refractivity (Wildman–Crippen MR) is 122 cm³/mol. The Morgan fingerprint density at radius 3 is 2.41 bits per heavy atom. The molecule has 1 atom stereocenters. The molecule has 0 spiro atoms. The Labute approximate surface area is 177 Å². The van der Waals surface area contributed by atoms with Crippen molar-refractivity contribution < 1.29 is 9.90 Å². The van der Waals surface area contributed by atoms with Crippen LogP contribution in [0.5, 0.6) is 0 Å². The fourth-order valence-electron chi connectivity index (χ4n) is 3.39. The summed E-state index contributed by atoms with van der Waals surface area (Å²) in [6, 6.07) is 11.2. The summed E-state index contributed by atoms with van der Waals surface area (Å²) >= 11 is 1.86. The minimum absolute atomic E-state index is 0.172. The van der Waals surface area contributed by atoms with Crippen LogP contribution in [0.3, 0.4) is 0 Å². The van der Waals surface area contributed by atoms with Crippen molar-refractivity contribution in [2.24, 2.45) is 5.73 Å². The molecular formula is C23H31N3O2S. The highest BCUT2D eigenvalue weighted by atomic mass is 32.1. The number of carboxylic acids is 1. The van der Waals surface area contributed by atoms with Crippen molar-refractivity contribution in [1.29, 1.82) is 0 Å². The summed E-state index contributed by atoms with van der Waals surface area (Å²) in [4.78, 5) is 16.1. The molecule has 1 aromatic carbocycles. The van der Waals surface area contributed by atoms with E-state index in [0.29, 0.717) is 12.2 Å². The Hall–Kier alpha value is -2.57. The summed E-state index contributed by atoms with van der Waals surface area (Å²) in [5.41, 5.74) is 8.54. The molecule has 0 radical (unpaired) electrons. The van der Waals surface area contributed by atoms with Gasteiger partial charge in [0.05, 0.1) is 5.56 Å². The van der Waals surface area contributed by atoms with Gasteiger partial charge in [-0.25, -0.2) is 4.79 Å². The zero-order valence-corrected chi connectivity index (χ0v) is 18.3. The third-order valence-corrected chi connectivity index (χ3v) is 6.13. The van der Waals surface area contributed by atoms with Crippen LogP contribution < -0.4 is 11.1 Å². The SMILES string of the molecule is C=CC/C(=C(/N)Nc1ccc(C(=O)O)cc1)C(CC)N(C)Cc1ccc(CC)s1. The molecule has 2 rings (SSSR count). The van der Waals surface area contributed by atoms with E-state index in [-0.39, 0.29) is 11.6 Å². The molecule has 0 fully saturated rings. The van der Waals surface area contributed by atoms with E-state index < -0.39 is 5.97 Å². The molecule has 0 bridgehead atoms. The summed E-state index contributed by atoms with van der Waals surface area (Å²) in [6.45, 7) is 9.09. The van der Waals surface area contributed by atoms with Crippen LogP contribution in [-0.2, 0) is 13.0 Å². The number of aryl methyl sites for hydroxylation is 1. The monoisotopic (exact) mass is 413 g/mol. The molecule has 0 aliphatic heterocycles. The van der Waals surface area contributed by atoms with Crippen LogP contribution in [0, 0.1) is 0 Å². The summed E-state index contributed by atoms with van der Waals surface area (Å²) in [6.07, 6.45) is 4.53. The van der Waals surface area contributed by atoms with Crippen LogP contribution in [-0.4, -0.2) is 29.1 Å². The third kappa shape index (κ3) is 6.21. The molecule has 0 aliphatic rings. The Morgan fingerprint density at radius 2 is 1.90 bits per heavy atom. The van der Waals surface area contributed by atoms with E-state index in [1.165, 1.54) is 9.75 Å². The van der Waals surface area contributed by atoms with Crippen molar-refractivity contribution >= 4 is 23.0 Å². The smallest absolute Gasteiger partial charge is 0.335 e. The maximum absolute atomic E-state index is 11.0. The highest BCUT2D eigenvalue weighted by Crippen LogP contribution is 2.25. The van der Waals surface area contributed by atoms with Crippen LogP contribution in [0.4, 0.5) is 5.69 Å². The molecule has 1 aromatic heterocycles. The number of nitrogens with one attached hydrogen (secondary N) is 1. The van der Waals surface area contributed by atoms with Crippen molar-refractivity contribution in [3.05, 3.63) is 75.8 Å². The number of allylic oxidation sites excluding steroid dienone is 1. The molecule has 0 aliphatic carbocycles. The molecule has 2 aromatic rings. The molecule has 1 unspecified atom stereocenters. The number of aromatic carboxylic acids is 1. The maximum atomic E-state index is 11.0. The number of rotatable bonds is 11. The van der Waals surface area contributed by atoms with E-state index in [1.807, 2.05) is 17.4 Å². The second-order valence-corrected chi connectivity index (χ2v) is 8.25. The second kappa shape index (κ2) is 10.8. The molecule has 29 heavy (non-hydrogen) atoms. The van der Waals surface area contributed by atoms with Gasteiger partial charge < -0.3 is 16.2 Å². The van der Waals surface area contributed by atoms with Crippen molar-refractivity contribution in [2.45, 2.75) is 45.7 Å². The molecule has 5 nitrogen and oxygen atoms in total. The number of likely N-dealkylation sites (N-methyl/N-ethyl adjacent to an activating group) is 1. The van der Waals surface area contributed by atoms with Crippen molar-refractivity contribution in [3.63, 3.8) is 0 Å². The van der Waals surface area contributed by atoms with Gasteiger partial charge in [0, 0.05) is 28.0 Å². The van der Waals surface area contributed by atoms with Gasteiger partial charge in [-0.3, -0.25) is 4.90 Å². The number of hydrogen-bond acceptors (Lipinski definition) is 5. The minimum Gasteiger partial charge on any atom is -0.478 e. The number of hydrogen-bond donors (Lipinski definition) is 3. The second-order valence-electron chi connectivity index (χ2n) is 7.00. The number of anilines is 1. The zero-order valence-electron chi connectivity index (χ0n) is 17.4. The Bertz CT molecular complexity index is 855. The summed E-state index contributed by atoms with van der Waals surface area (Å²) in [7, 11) is 2.12. The maximum Gasteiger partial charge on any atom is 0.335 e. The van der Waals surface area contributed by atoms with Crippen LogP contribution >= 0.6 is 11.3 Å². The highest BCUT2D eigenvalue weighted by Gasteiger charge is 2.20. The van der Waals surface area contributed by atoms with Gasteiger partial charge >= 0.3 is 5.97 Å². The fourth-order valence-corrected chi connectivity index (χ4v) is 4.41. The van der Waals surface area contributed by atoms with Gasteiger partial charge in [-0.05, 0) is 68.3 Å². The lowest BCUT2D eigenvalue weighted by Crippen LogP contribution is -2.34. The minimum atomic E-state index is -0.945. The van der Waals surface area contributed by atoms with Gasteiger partial charge in [-0.2, -0.15) is 0 Å². The molecule has 0 amide bonds. The molecule has 0 saturated heterocycles. The Kier molecular flexibility index (Phi) is 8.49. The van der Waals surface area contributed by atoms with Gasteiger partial charge in [-0.1, -0.05) is 19.9 Å². The summed E-state index contributed by atoms with van der Waals surface area (Å²) in [5, 5.41) is 12.3. The number of nitrogens with zero attached hydrogens (tertiary/aromatic N) is 1. The zero-order chi connectivity index (χ0) is 21.4. The molecule has 156 valence electrons. The normalized spacial score (nSPS) is 13.1. The lowest BCUT2D eigenvalue weighted by Gasteiger charge is -2.30. The Morgan fingerprint density at radius 1 is 1.24 bits per heavy atom. The van der Waals surface area contributed by atoms with Gasteiger partial charge in [0.25, 0.3) is 0 Å². The van der Waals surface area contributed by atoms with E-state index >= 15 is 0 Å². The number of nitrogens with two attached hydrogens (primary N) is 1. The predicted octanol–water partition coefficient (Wildman–Crippen LogP) is 5.08. The average molecular weight is 414 g/mol. The van der Waals surface area contributed by atoms with Gasteiger partial charge in [0.15, 0.2) is 0 Å². The first-order chi connectivity index (χ1) is 13.9. The van der Waals surface area contributed by atoms with E-state index in [2.05, 4.69) is 49.8 Å². The Balaban J connectivity index is 2.21. The first-order valence-electron chi connectivity index (χ1n) is 9.87. The molecule has 1 heterocycles. The summed E-state index contributed by atoms with van der Waals surface area (Å²) < 4.78 is 0. The number of carbonyl (C=O) groups is 1. The number of carboxylic acid groups (broad SMARTS) is 1. The van der Waals surface area contributed by atoms with Crippen molar-refractivity contribution in [3.8, 4) is 0 Å². The lowest BCUT2D eigenvalue weighted by atomic mass is 9.99. The van der Waals surface area contributed by atoms with Crippen LogP contribution in [0.1, 0.15) is 46.8 Å². The van der Waals surface area contributed by atoms with E-state index in [1.54, 1.807) is 24.3 Å². The summed E-state index contributed by atoms with van der Waals surface area (Å²) in [5.74, 6) is -0.355. The van der Waals surface area contributed by atoms with E-state index in [9.17, 15) is 4.79 Å². The quantitative estimate of drug-likeness (QED) is 0.448. The van der Waals surface area contributed by atoms with E-state index in [4.69, 9.17) is 10.8 Å². The third-order valence-electron chi connectivity index (χ3n) is 4.91.